The predicted octanol–water partition coefficient (Wildman–Crippen LogP) is 3.01. The third kappa shape index (κ3) is 5.31. The Hall–Kier alpha value is -4.64. The van der Waals surface area contributed by atoms with Crippen molar-refractivity contribution in [3.05, 3.63) is 66.6 Å². The Labute approximate surface area is 201 Å². The van der Waals surface area contributed by atoms with Crippen LogP contribution in [0.25, 0.3) is 16.6 Å². The molecule has 0 aliphatic rings. The largest absolute Gasteiger partial charge is 0.497 e. The molecule has 0 saturated carbocycles. The molecule has 4 aromatic rings. The molecule has 0 bridgehead atoms. The number of ether oxygens (including phenoxy) is 2. The fraction of sp³-hybridized carbons (Fsp3) is 0.167. The van der Waals surface area contributed by atoms with E-state index in [9.17, 15) is 9.59 Å². The molecule has 0 aliphatic carbocycles. The van der Waals surface area contributed by atoms with Crippen LogP contribution in [0.3, 0.4) is 0 Å². The van der Waals surface area contributed by atoms with E-state index in [0.29, 0.717) is 52.5 Å². The second kappa shape index (κ2) is 10.5. The number of hydrogen-bond acceptors (Lipinski definition) is 7. The molecule has 11 heteroatoms. The van der Waals surface area contributed by atoms with E-state index in [4.69, 9.17) is 15.2 Å². The van der Waals surface area contributed by atoms with Gasteiger partial charge in [0.25, 0.3) is 5.91 Å². The summed E-state index contributed by atoms with van der Waals surface area (Å²) >= 11 is 0. The van der Waals surface area contributed by atoms with Gasteiger partial charge in [0, 0.05) is 42.9 Å². The van der Waals surface area contributed by atoms with Crippen molar-refractivity contribution < 1.29 is 19.1 Å². The van der Waals surface area contributed by atoms with Crippen molar-refractivity contribution in [1.82, 2.24) is 19.9 Å². The van der Waals surface area contributed by atoms with Gasteiger partial charge < -0.3 is 31.2 Å². The molecule has 0 radical (unpaired) electrons. The van der Waals surface area contributed by atoms with E-state index in [2.05, 4.69) is 26.0 Å². The van der Waals surface area contributed by atoms with E-state index in [1.54, 1.807) is 68.9 Å². The minimum atomic E-state index is -0.406. The number of aromatic nitrogens is 3. The third-order valence-electron chi connectivity index (χ3n) is 5.20. The summed E-state index contributed by atoms with van der Waals surface area (Å²) in [5, 5.41) is 12.5. The zero-order valence-electron chi connectivity index (χ0n) is 19.2. The number of anilines is 3. The van der Waals surface area contributed by atoms with Gasteiger partial charge in [-0.1, -0.05) is 18.2 Å². The average Bonchev–Trinajstić information content (AvgIpc) is 3.26. The number of benzene rings is 2. The number of urea groups is 1. The molecule has 4 rings (SSSR count). The SMILES string of the molecule is COCCNC(=O)c1cn2ncnc(N)c2c1-c1ccc(NC(=O)Nc2cccc(OC)c2)cc1. The quantitative estimate of drug-likeness (QED) is 0.287. The van der Waals surface area contributed by atoms with E-state index in [1.165, 1.54) is 10.8 Å². The number of hydrogen-bond donors (Lipinski definition) is 4. The molecule has 3 amide bonds. The minimum absolute atomic E-state index is 0.241. The number of rotatable bonds is 8. The Morgan fingerprint density at radius 3 is 2.57 bits per heavy atom. The second-order valence-electron chi connectivity index (χ2n) is 7.49. The van der Waals surface area contributed by atoms with Gasteiger partial charge >= 0.3 is 6.03 Å². The molecule has 0 aliphatic heterocycles. The molecule has 2 aromatic heterocycles. The Bertz CT molecular complexity index is 1350. The predicted molar refractivity (Wildman–Crippen MR) is 133 cm³/mol. The molecule has 180 valence electrons. The number of nitrogen functional groups attached to an aromatic ring is 1. The molecule has 0 atom stereocenters. The van der Waals surface area contributed by atoms with E-state index in [0.717, 1.165) is 0 Å². The molecule has 0 unspecified atom stereocenters. The first kappa shape index (κ1) is 23.5. The fourth-order valence-corrected chi connectivity index (χ4v) is 3.58. The van der Waals surface area contributed by atoms with Gasteiger partial charge in [0.1, 0.15) is 17.6 Å². The summed E-state index contributed by atoms with van der Waals surface area (Å²) in [6.07, 6.45) is 2.94. The van der Waals surface area contributed by atoms with Crippen LogP contribution >= 0.6 is 0 Å². The van der Waals surface area contributed by atoms with Gasteiger partial charge in [0.2, 0.25) is 0 Å². The molecular formula is C24H25N7O4. The first-order valence-corrected chi connectivity index (χ1v) is 10.7. The van der Waals surface area contributed by atoms with Gasteiger partial charge in [-0.15, -0.1) is 0 Å². The van der Waals surface area contributed by atoms with Crippen molar-refractivity contribution in [2.75, 3.05) is 43.7 Å². The van der Waals surface area contributed by atoms with Crippen LogP contribution in [-0.2, 0) is 4.74 Å². The van der Waals surface area contributed by atoms with E-state index < -0.39 is 6.03 Å². The standard InChI is InChI=1S/C24H25N7O4/c1-34-11-10-26-23(32)19-13-31-21(22(25)27-14-28-31)20(19)15-6-8-16(9-7-15)29-24(33)30-17-4-3-5-18(12-17)35-2/h3-9,12-14H,10-11H2,1-2H3,(H,26,32)(H2,25,27,28)(H2,29,30,33). The lowest BCUT2D eigenvalue weighted by atomic mass is 10.0. The highest BCUT2D eigenvalue weighted by molar-refractivity contribution is 6.07. The number of nitrogens with one attached hydrogen (secondary N) is 3. The fourth-order valence-electron chi connectivity index (χ4n) is 3.58. The Balaban J connectivity index is 1.58. The highest BCUT2D eigenvalue weighted by Gasteiger charge is 2.21. The molecule has 2 aromatic carbocycles. The van der Waals surface area contributed by atoms with Gasteiger partial charge in [-0.25, -0.2) is 14.3 Å². The monoisotopic (exact) mass is 475 g/mol. The highest BCUT2D eigenvalue weighted by atomic mass is 16.5. The normalized spacial score (nSPS) is 10.7. The maximum Gasteiger partial charge on any atom is 0.323 e. The maximum atomic E-state index is 12.9. The van der Waals surface area contributed by atoms with Crippen LogP contribution in [0.2, 0.25) is 0 Å². The van der Waals surface area contributed by atoms with Gasteiger partial charge in [0.15, 0.2) is 5.82 Å². The van der Waals surface area contributed by atoms with Crippen molar-refractivity contribution >= 4 is 34.6 Å². The summed E-state index contributed by atoms with van der Waals surface area (Å²) < 4.78 is 11.7. The van der Waals surface area contributed by atoms with Gasteiger partial charge in [-0.05, 0) is 29.8 Å². The lowest BCUT2D eigenvalue weighted by Gasteiger charge is -2.10. The van der Waals surface area contributed by atoms with Crippen molar-refractivity contribution in [3.63, 3.8) is 0 Å². The van der Waals surface area contributed by atoms with E-state index >= 15 is 0 Å². The number of nitrogens with two attached hydrogens (primary N) is 1. The lowest BCUT2D eigenvalue weighted by molar-refractivity contribution is 0.0937. The molecule has 2 heterocycles. The lowest BCUT2D eigenvalue weighted by Crippen LogP contribution is -2.27. The zero-order chi connectivity index (χ0) is 24.8. The van der Waals surface area contributed by atoms with Gasteiger partial charge in [0.05, 0.1) is 19.3 Å². The Morgan fingerprint density at radius 2 is 1.83 bits per heavy atom. The zero-order valence-corrected chi connectivity index (χ0v) is 19.2. The Morgan fingerprint density at radius 1 is 1.06 bits per heavy atom. The van der Waals surface area contributed by atoms with Crippen LogP contribution in [0.1, 0.15) is 10.4 Å². The van der Waals surface area contributed by atoms with Crippen LogP contribution in [0.5, 0.6) is 5.75 Å². The Kier molecular flexibility index (Phi) is 7.07. The first-order valence-electron chi connectivity index (χ1n) is 10.7. The summed E-state index contributed by atoms with van der Waals surface area (Å²) in [4.78, 5) is 29.4. The summed E-state index contributed by atoms with van der Waals surface area (Å²) in [7, 11) is 3.12. The van der Waals surface area contributed by atoms with Crippen LogP contribution in [0.15, 0.2) is 61.1 Å². The number of amides is 3. The second-order valence-corrected chi connectivity index (χ2v) is 7.49. The van der Waals surface area contributed by atoms with Crippen molar-refractivity contribution in [1.29, 1.82) is 0 Å². The number of nitrogens with zero attached hydrogens (tertiary/aromatic N) is 3. The topological polar surface area (TPSA) is 145 Å². The summed E-state index contributed by atoms with van der Waals surface area (Å²) in [6.45, 7) is 0.738. The number of fused-ring (bicyclic) bond motifs is 1. The summed E-state index contributed by atoms with van der Waals surface area (Å²) in [6, 6.07) is 13.7. The third-order valence-corrected chi connectivity index (χ3v) is 5.20. The molecule has 0 saturated heterocycles. The number of carbonyl (C=O) groups excluding carboxylic acids is 2. The summed E-state index contributed by atoms with van der Waals surface area (Å²) in [5.74, 6) is 0.588. The minimum Gasteiger partial charge on any atom is -0.497 e. The molecule has 0 spiro atoms. The van der Waals surface area contributed by atoms with E-state index in [-0.39, 0.29) is 11.7 Å². The van der Waals surface area contributed by atoms with Crippen LogP contribution < -0.4 is 26.4 Å². The van der Waals surface area contributed by atoms with Crippen molar-refractivity contribution in [3.8, 4) is 16.9 Å². The summed E-state index contributed by atoms with van der Waals surface area (Å²) in [5.41, 5.74) is 9.49. The number of methoxy groups -OCH3 is 2. The average molecular weight is 476 g/mol. The molecule has 5 N–H and O–H groups in total. The molecule has 0 fully saturated rings. The maximum absolute atomic E-state index is 12.9. The van der Waals surface area contributed by atoms with Crippen LogP contribution in [0, 0.1) is 0 Å². The van der Waals surface area contributed by atoms with Crippen LogP contribution in [-0.4, -0.2) is 53.9 Å². The van der Waals surface area contributed by atoms with Gasteiger partial charge in [-0.2, -0.15) is 5.10 Å². The molecule has 11 nitrogen and oxygen atoms in total. The smallest absolute Gasteiger partial charge is 0.323 e. The van der Waals surface area contributed by atoms with Crippen LogP contribution in [0.4, 0.5) is 22.0 Å². The first-order chi connectivity index (χ1) is 17.0. The molecular weight excluding hydrogens is 450 g/mol. The molecule has 35 heavy (non-hydrogen) atoms. The van der Waals surface area contributed by atoms with E-state index in [1.807, 2.05) is 0 Å². The number of carbonyl (C=O) groups is 2. The van der Waals surface area contributed by atoms with Crippen molar-refractivity contribution in [2.45, 2.75) is 0 Å². The van der Waals surface area contributed by atoms with Gasteiger partial charge in [-0.3, -0.25) is 4.79 Å². The van der Waals surface area contributed by atoms with Crippen molar-refractivity contribution in [2.24, 2.45) is 0 Å². The highest BCUT2D eigenvalue weighted by Crippen LogP contribution is 2.33.